The first-order valence-electron chi connectivity index (χ1n) is 5.29. The van der Waals surface area contributed by atoms with Crippen LogP contribution in [-0.2, 0) is 0 Å². The fraction of sp³-hybridized carbons (Fsp3) is 0.500. The Bertz CT molecular complexity index is 443. The quantitative estimate of drug-likeness (QED) is 0.681. The van der Waals surface area contributed by atoms with Crippen molar-refractivity contribution < 1.29 is 14.7 Å². The predicted octanol–water partition coefficient (Wildman–Crippen LogP) is 0.119. The van der Waals surface area contributed by atoms with Crippen LogP contribution in [0.15, 0.2) is 0 Å². The van der Waals surface area contributed by atoms with E-state index in [1.54, 1.807) is 13.8 Å². The molecule has 1 saturated heterocycles. The minimum Gasteiger partial charge on any atom is -0.465 e. The lowest BCUT2D eigenvalue weighted by Gasteiger charge is -2.37. The summed E-state index contributed by atoms with van der Waals surface area (Å²) in [5, 5.41) is 18.1. The number of nitrogens with one attached hydrogen (secondary N) is 2. The van der Waals surface area contributed by atoms with Crippen LogP contribution in [0.2, 0.25) is 0 Å². The zero-order valence-corrected chi connectivity index (χ0v) is 9.65. The third kappa shape index (κ3) is 2.08. The Morgan fingerprint density at radius 3 is 2.59 bits per heavy atom. The third-order valence-corrected chi connectivity index (χ3v) is 2.84. The van der Waals surface area contributed by atoms with Crippen molar-refractivity contribution in [2.75, 3.05) is 13.1 Å². The normalized spacial score (nSPS) is 15.5. The molecule has 1 aliphatic heterocycles. The zero-order valence-electron chi connectivity index (χ0n) is 9.65. The Morgan fingerprint density at radius 2 is 2.12 bits per heavy atom. The van der Waals surface area contributed by atoms with Gasteiger partial charge in [0.1, 0.15) is 0 Å². The molecule has 0 aliphatic carbocycles. The number of H-pyrrole nitrogens is 1. The molecule has 1 aromatic rings. The van der Waals surface area contributed by atoms with Gasteiger partial charge in [-0.15, -0.1) is 0 Å². The topological polar surface area (TPSA) is 98.3 Å². The fourth-order valence-corrected chi connectivity index (χ4v) is 1.87. The average Bonchev–Trinajstić information content (AvgIpc) is 2.50. The van der Waals surface area contributed by atoms with Gasteiger partial charge in [-0.3, -0.25) is 9.89 Å². The van der Waals surface area contributed by atoms with Gasteiger partial charge < -0.3 is 15.3 Å². The molecule has 1 fully saturated rings. The molecule has 1 aromatic heterocycles. The number of likely N-dealkylation sites (tertiary alicyclic amines) is 1. The lowest BCUT2D eigenvalue weighted by molar-refractivity contribution is 0.0767. The maximum atomic E-state index is 11.9. The van der Waals surface area contributed by atoms with Crippen LogP contribution in [0.1, 0.15) is 21.7 Å². The van der Waals surface area contributed by atoms with Crippen LogP contribution >= 0.6 is 0 Å². The summed E-state index contributed by atoms with van der Waals surface area (Å²) >= 11 is 0. The molecule has 7 heteroatoms. The molecule has 7 nitrogen and oxygen atoms in total. The highest BCUT2D eigenvalue weighted by Gasteiger charge is 2.32. The zero-order chi connectivity index (χ0) is 12.6. The van der Waals surface area contributed by atoms with E-state index in [4.69, 9.17) is 5.11 Å². The van der Waals surface area contributed by atoms with Crippen LogP contribution in [0.4, 0.5) is 4.79 Å². The van der Waals surface area contributed by atoms with Gasteiger partial charge in [0.25, 0.3) is 5.91 Å². The van der Waals surface area contributed by atoms with E-state index in [2.05, 4.69) is 15.5 Å². The molecule has 0 saturated carbocycles. The van der Waals surface area contributed by atoms with Crippen LogP contribution < -0.4 is 5.32 Å². The van der Waals surface area contributed by atoms with Crippen molar-refractivity contribution in [1.82, 2.24) is 20.4 Å². The molecule has 0 spiro atoms. The molecule has 0 atom stereocenters. The number of carbonyl (C=O) groups is 2. The van der Waals surface area contributed by atoms with Gasteiger partial charge in [-0.1, -0.05) is 0 Å². The van der Waals surface area contributed by atoms with E-state index >= 15 is 0 Å². The molecule has 0 aromatic carbocycles. The maximum absolute atomic E-state index is 11.9. The van der Waals surface area contributed by atoms with Gasteiger partial charge in [0, 0.05) is 18.8 Å². The molecule has 0 unspecified atom stereocenters. The first kappa shape index (κ1) is 11.4. The number of carbonyl (C=O) groups excluding carboxylic acids is 1. The second kappa shape index (κ2) is 4.08. The summed E-state index contributed by atoms with van der Waals surface area (Å²) in [6, 6.07) is -0.104. The number of aryl methyl sites for hydroxylation is 2. The minimum atomic E-state index is -0.953. The minimum absolute atomic E-state index is 0.104. The van der Waals surface area contributed by atoms with Gasteiger partial charge in [0.2, 0.25) is 0 Å². The summed E-state index contributed by atoms with van der Waals surface area (Å²) in [5.41, 5.74) is 1.91. The summed E-state index contributed by atoms with van der Waals surface area (Å²) in [6.07, 6.45) is -0.953. The lowest BCUT2D eigenvalue weighted by atomic mass is 10.1. The van der Waals surface area contributed by atoms with E-state index in [1.165, 1.54) is 4.90 Å². The van der Waals surface area contributed by atoms with Crippen molar-refractivity contribution in [3.63, 3.8) is 0 Å². The van der Waals surface area contributed by atoms with Gasteiger partial charge >= 0.3 is 6.09 Å². The summed E-state index contributed by atoms with van der Waals surface area (Å²) in [5.74, 6) is -0.205. The molecule has 0 bridgehead atoms. The van der Waals surface area contributed by atoms with E-state index in [0.29, 0.717) is 24.3 Å². The summed E-state index contributed by atoms with van der Waals surface area (Å²) < 4.78 is 0. The number of hydrogen-bond donors (Lipinski definition) is 3. The standard InChI is InChI=1S/C10H14N4O3/c1-5-8(6(2)13-12-5)9(15)11-7-3-14(4-7)10(16)17/h7H,3-4H2,1-2H3,(H,11,15)(H,12,13)(H,16,17). The van der Waals surface area contributed by atoms with Gasteiger partial charge in [0.15, 0.2) is 0 Å². The molecule has 92 valence electrons. The number of carboxylic acid groups (broad SMARTS) is 1. The molecular formula is C10H14N4O3. The highest BCUT2D eigenvalue weighted by atomic mass is 16.4. The van der Waals surface area contributed by atoms with Crippen LogP contribution in [0, 0.1) is 13.8 Å². The van der Waals surface area contributed by atoms with Crippen LogP contribution in [0.5, 0.6) is 0 Å². The second-order valence-corrected chi connectivity index (χ2v) is 4.17. The van der Waals surface area contributed by atoms with E-state index in [9.17, 15) is 9.59 Å². The van der Waals surface area contributed by atoms with Crippen molar-refractivity contribution in [3.05, 3.63) is 17.0 Å². The monoisotopic (exact) mass is 238 g/mol. The second-order valence-electron chi connectivity index (χ2n) is 4.17. The smallest absolute Gasteiger partial charge is 0.407 e. The summed E-state index contributed by atoms with van der Waals surface area (Å²) in [4.78, 5) is 23.7. The van der Waals surface area contributed by atoms with Gasteiger partial charge in [-0.25, -0.2) is 4.79 Å². The van der Waals surface area contributed by atoms with E-state index in [0.717, 1.165) is 5.69 Å². The first-order valence-corrected chi connectivity index (χ1v) is 5.29. The van der Waals surface area contributed by atoms with E-state index < -0.39 is 6.09 Å². The molecule has 2 heterocycles. The predicted molar refractivity (Wildman–Crippen MR) is 58.9 cm³/mol. The molecule has 3 N–H and O–H groups in total. The molecule has 1 aliphatic rings. The first-order chi connectivity index (χ1) is 7.99. The SMILES string of the molecule is Cc1n[nH]c(C)c1C(=O)NC1CN(C(=O)O)C1. The largest absolute Gasteiger partial charge is 0.465 e. The van der Waals surface area contributed by atoms with Crippen LogP contribution in [0.25, 0.3) is 0 Å². The molecule has 2 amide bonds. The number of aromatic amines is 1. The Hall–Kier alpha value is -2.05. The Kier molecular flexibility index (Phi) is 2.74. The van der Waals surface area contributed by atoms with Crippen LogP contribution in [-0.4, -0.2) is 51.3 Å². The number of rotatable bonds is 2. The number of amides is 2. The highest BCUT2D eigenvalue weighted by Crippen LogP contribution is 2.12. The third-order valence-electron chi connectivity index (χ3n) is 2.84. The summed E-state index contributed by atoms with van der Waals surface area (Å²) in [7, 11) is 0. The van der Waals surface area contributed by atoms with Crippen molar-refractivity contribution in [2.45, 2.75) is 19.9 Å². The van der Waals surface area contributed by atoms with Gasteiger partial charge in [-0.2, -0.15) is 5.10 Å². The van der Waals surface area contributed by atoms with Crippen molar-refractivity contribution in [2.24, 2.45) is 0 Å². The number of nitrogens with zero attached hydrogens (tertiary/aromatic N) is 2. The summed E-state index contributed by atoms with van der Waals surface area (Å²) in [6.45, 7) is 4.22. The average molecular weight is 238 g/mol. The lowest BCUT2D eigenvalue weighted by Crippen LogP contribution is -2.60. The Labute approximate surface area is 97.8 Å². The molecule has 17 heavy (non-hydrogen) atoms. The fourth-order valence-electron chi connectivity index (χ4n) is 1.87. The molecule has 0 radical (unpaired) electrons. The van der Waals surface area contributed by atoms with Crippen LogP contribution in [0.3, 0.4) is 0 Å². The van der Waals surface area contributed by atoms with E-state index in [1.807, 2.05) is 0 Å². The Morgan fingerprint density at radius 1 is 1.47 bits per heavy atom. The number of hydrogen-bond acceptors (Lipinski definition) is 3. The Balaban J connectivity index is 1.94. The number of aromatic nitrogens is 2. The molecular weight excluding hydrogens is 224 g/mol. The van der Waals surface area contributed by atoms with Gasteiger partial charge in [-0.05, 0) is 13.8 Å². The van der Waals surface area contributed by atoms with Gasteiger partial charge in [0.05, 0.1) is 17.3 Å². The van der Waals surface area contributed by atoms with Crippen molar-refractivity contribution in [3.8, 4) is 0 Å². The van der Waals surface area contributed by atoms with Crippen molar-refractivity contribution >= 4 is 12.0 Å². The highest BCUT2D eigenvalue weighted by molar-refractivity contribution is 5.96. The maximum Gasteiger partial charge on any atom is 0.407 e. The van der Waals surface area contributed by atoms with Crippen molar-refractivity contribution in [1.29, 1.82) is 0 Å². The molecule has 2 rings (SSSR count). The van der Waals surface area contributed by atoms with E-state index in [-0.39, 0.29) is 11.9 Å².